The van der Waals surface area contributed by atoms with Crippen LogP contribution < -0.4 is 0 Å². The standard InChI is InChI=1S/C20H26FN3O/c1-3-19-18(13-22-24(19)17-11-9-16(21)10-12-17)20(25)23(2)14-15-7-5-4-6-8-15/h9-13,15H,3-8,14H2,1-2H3. The van der Waals surface area contributed by atoms with Gasteiger partial charge in [-0.25, -0.2) is 9.07 Å². The molecule has 0 unspecified atom stereocenters. The Bertz CT molecular complexity index is 717. The molecule has 0 bridgehead atoms. The van der Waals surface area contributed by atoms with Gasteiger partial charge in [-0.1, -0.05) is 26.2 Å². The van der Waals surface area contributed by atoms with Crippen LogP contribution in [0.5, 0.6) is 0 Å². The van der Waals surface area contributed by atoms with Crippen LogP contribution >= 0.6 is 0 Å². The highest BCUT2D eigenvalue weighted by atomic mass is 19.1. The zero-order valence-electron chi connectivity index (χ0n) is 15.0. The number of aromatic nitrogens is 2. The van der Waals surface area contributed by atoms with Crippen LogP contribution in [-0.2, 0) is 6.42 Å². The molecule has 1 amide bonds. The summed E-state index contributed by atoms with van der Waals surface area (Å²) in [7, 11) is 1.88. The third-order valence-electron chi connectivity index (χ3n) is 5.11. The first-order chi connectivity index (χ1) is 12.1. The quantitative estimate of drug-likeness (QED) is 0.815. The molecule has 0 N–H and O–H groups in total. The molecule has 1 heterocycles. The van der Waals surface area contributed by atoms with E-state index in [1.165, 1.54) is 44.2 Å². The summed E-state index contributed by atoms with van der Waals surface area (Å²) >= 11 is 0. The van der Waals surface area contributed by atoms with Gasteiger partial charge in [0.2, 0.25) is 0 Å². The van der Waals surface area contributed by atoms with Crippen LogP contribution in [0.1, 0.15) is 55.1 Å². The maximum Gasteiger partial charge on any atom is 0.257 e. The number of nitrogens with zero attached hydrogens (tertiary/aromatic N) is 3. The van der Waals surface area contributed by atoms with Crippen LogP contribution in [0.25, 0.3) is 5.69 Å². The number of amides is 1. The minimum absolute atomic E-state index is 0.0239. The monoisotopic (exact) mass is 343 g/mol. The summed E-state index contributed by atoms with van der Waals surface area (Å²) in [6, 6.07) is 6.18. The molecule has 1 aromatic carbocycles. The molecule has 0 saturated heterocycles. The lowest BCUT2D eigenvalue weighted by Crippen LogP contribution is -2.33. The fraction of sp³-hybridized carbons (Fsp3) is 0.500. The van der Waals surface area contributed by atoms with Gasteiger partial charge in [0.1, 0.15) is 5.82 Å². The number of hydrogen-bond acceptors (Lipinski definition) is 2. The van der Waals surface area contributed by atoms with E-state index in [0.29, 0.717) is 17.9 Å². The fourth-order valence-corrected chi connectivity index (χ4v) is 3.74. The van der Waals surface area contributed by atoms with Crippen molar-refractivity contribution in [1.82, 2.24) is 14.7 Å². The lowest BCUT2D eigenvalue weighted by atomic mass is 9.89. The molecule has 1 aliphatic rings. The zero-order valence-corrected chi connectivity index (χ0v) is 15.0. The van der Waals surface area contributed by atoms with E-state index in [-0.39, 0.29) is 11.7 Å². The van der Waals surface area contributed by atoms with Crippen molar-refractivity contribution in [2.75, 3.05) is 13.6 Å². The van der Waals surface area contributed by atoms with Crippen molar-refractivity contribution in [2.24, 2.45) is 5.92 Å². The Morgan fingerprint density at radius 1 is 1.24 bits per heavy atom. The van der Waals surface area contributed by atoms with Crippen molar-refractivity contribution in [1.29, 1.82) is 0 Å². The van der Waals surface area contributed by atoms with Crippen LogP contribution in [-0.4, -0.2) is 34.2 Å². The largest absolute Gasteiger partial charge is 0.341 e. The SMILES string of the molecule is CCc1c(C(=O)N(C)CC2CCCCC2)cnn1-c1ccc(F)cc1. The maximum absolute atomic E-state index is 13.2. The third kappa shape index (κ3) is 3.91. The molecular formula is C20H26FN3O. The summed E-state index contributed by atoms with van der Waals surface area (Å²) in [5, 5.41) is 4.38. The molecule has 3 rings (SSSR count). The lowest BCUT2D eigenvalue weighted by molar-refractivity contribution is 0.0759. The third-order valence-corrected chi connectivity index (χ3v) is 5.11. The smallest absolute Gasteiger partial charge is 0.257 e. The molecular weight excluding hydrogens is 317 g/mol. The van der Waals surface area contributed by atoms with Gasteiger partial charge < -0.3 is 4.90 Å². The zero-order chi connectivity index (χ0) is 17.8. The molecule has 0 aliphatic heterocycles. The van der Waals surface area contributed by atoms with Crippen LogP contribution in [0, 0.1) is 11.7 Å². The summed E-state index contributed by atoms with van der Waals surface area (Å²) in [6.45, 7) is 2.82. The van der Waals surface area contributed by atoms with E-state index in [0.717, 1.165) is 17.9 Å². The van der Waals surface area contributed by atoms with Crippen LogP contribution in [0.15, 0.2) is 30.5 Å². The Labute approximate surface area is 148 Å². The number of hydrogen-bond donors (Lipinski definition) is 0. The van der Waals surface area contributed by atoms with Crippen molar-refractivity contribution < 1.29 is 9.18 Å². The molecule has 25 heavy (non-hydrogen) atoms. The van der Waals surface area contributed by atoms with Gasteiger partial charge in [0.05, 0.1) is 23.1 Å². The molecule has 5 heteroatoms. The molecule has 4 nitrogen and oxygen atoms in total. The fourth-order valence-electron chi connectivity index (χ4n) is 3.74. The summed E-state index contributed by atoms with van der Waals surface area (Å²) in [5.74, 6) is 0.355. The molecule has 0 radical (unpaired) electrons. The molecule has 2 aromatic rings. The number of rotatable bonds is 5. The first-order valence-electron chi connectivity index (χ1n) is 9.18. The van der Waals surface area contributed by atoms with E-state index >= 15 is 0 Å². The van der Waals surface area contributed by atoms with Crippen LogP contribution in [0.3, 0.4) is 0 Å². The van der Waals surface area contributed by atoms with Gasteiger partial charge in [-0.2, -0.15) is 5.10 Å². The molecule has 1 fully saturated rings. The Balaban J connectivity index is 1.79. The van der Waals surface area contributed by atoms with E-state index in [2.05, 4.69) is 5.10 Å². The van der Waals surface area contributed by atoms with Crippen molar-refractivity contribution in [3.05, 3.63) is 47.5 Å². The predicted octanol–water partition coefficient (Wildman–Crippen LogP) is 4.23. The topological polar surface area (TPSA) is 38.1 Å². The Morgan fingerprint density at radius 3 is 2.56 bits per heavy atom. The Hall–Kier alpha value is -2.17. The normalized spacial score (nSPS) is 15.3. The average molecular weight is 343 g/mol. The minimum Gasteiger partial charge on any atom is -0.341 e. The van der Waals surface area contributed by atoms with Gasteiger partial charge in [0.15, 0.2) is 0 Å². The summed E-state index contributed by atoms with van der Waals surface area (Å²) < 4.78 is 14.9. The van der Waals surface area contributed by atoms with Crippen molar-refractivity contribution in [3.63, 3.8) is 0 Å². The summed E-state index contributed by atoms with van der Waals surface area (Å²) in [5.41, 5.74) is 2.28. The van der Waals surface area contributed by atoms with E-state index in [4.69, 9.17) is 0 Å². The van der Waals surface area contributed by atoms with E-state index < -0.39 is 0 Å². The van der Waals surface area contributed by atoms with E-state index in [1.54, 1.807) is 23.0 Å². The number of benzene rings is 1. The Morgan fingerprint density at radius 2 is 1.92 bits per heavy atom. The van der Waals surface area contributed by atoms with Gasteiger partial charge in [0.25, 0.3) is 5.91 Å². The van der Waals surface area contributed by atoms with Crippen molar-refractivity contribution in [2.45, 2.75) is 45.4 Å². The van der Waals surface area contributed by atoms with Crippen LogP contribution in [0.2, 0.25) is 0 Å². The average Bonchev–Trinajstić information content (AvgIpc) is 3.06. The summed E-state index contributed by atoms with van der Waals surface area (Å²) in [4.78, 5) is 14.7. The van der Waals surface area contributed by atoms with E-state index in [1.807, 2.05) is 18.9 Å². The molecule has 1 aliphatic carbocycles. The van der Waals surface area contributed by atoms with Crippen molar-refractivity contribution in [3.8, 4) is 5.69 Å². The first kappa shape index (κ1) is 17.6. The molecule has 134 valence electrons. The second-order valence-corrected chi connectivity index (χ2v) is 6.94. The van der Waals surface area contributed by atoms with Gasteiger partial charge in [-0.15, -0.1) is 0 Å². The number of carbonyl (C=O) groups is 1. The Kier molecular flexibility index (Phi) is 5.51. The molecule has 1 saturated carbocycles. The first-order valence-corrected chi connectivity index (χ1v) is 9.18. The number of carbonyl (C=O) groups excluding carboxylic acids is 1. The van der Waals surface area contributed by atoms with Gasteiger partial charge in [-0.05, 0) is 49.4 Å². The second kappa shape index (κ2) is 7.81. The highest BCUT2D eigenvalue weighted by Gasteiger charge is 2.23. The molecule has 0 spiro atoms. The van der Waals surface area contributed by atoms with E-state index in [9.17, 15) is 9.18 Å². The molecule has 0 atom stereocenters. The maximum atomic E-state index is 13.2. The minimum atomic E-state index is -0.280. The van der Waals surface area contributed by atoms with Crippen LogP contribution in [0.4, 0.5) is 4.39 Å². The number of halogens is 1. The van der Waals surface area contributed by atoms with Gasteiger partial charge >= 0.3 is 0 Å². The lowest BCUT2D eigenvalue weighted by Gasteiger charge is -2.27. The van der Waals surface area contributed by atoms with Gasteiger partial charge in [0, 0.05) is 13.6 Å². The second-order valence-electron chi connectivity index (χ2n) is 6.94. The highest BCUT2D eigenvalue weighted by molar-refractivity contribution is 5.95. The predicted molar refractivity (Wildman–Crippen MR) is 96.4 cm³/mol. The van der Waals surface area contributed by atoms with Gasteiger partial charge in [-0.3, -0.25) is 4.79 Å². The summed E-state index contributed by atoms with van der Waals surface area (Å²) in [6.07, 6.45) is 8.63. The van der Waals surface area contributed by atoms with Crippen molar-refractivity contribution >= 4 is 5.91 Å². The molecule has 1 aromatic heterocycles. The highest BCUT2D eigenvalue weighted by Crippen LogP contribution is 2.25.